The topological polar surface area (TPSA) is 44.4 Å². The monoisotopic (exact) mass is 405 g/mol. The number of rotatable bonds is 4. The number of benzene rings is 2. The van der Waals surface area contributed by atoms with E-state index in [0.717, 1.165) is 32.6 Å². The van der Waals surface area contributed by atoms with Crippen molar-refractivity contribution in [3.63, 3.8) is 0 Å². The van der Waals surface area contributed by atoms with Gasteiger partial charge in [-0.25, -0.2) is 0 Å². The van der Waals surface area contributed by atoms with Crippen LogP contribution in [0.5, 0.6) is 0 Å². The van der Waals surface area contributed by atoms with Crippen molar-refractivity contribution in [1.29, 1.82) is 0 Å². The van der Waals surface area contributed by atoms with Gasteiger partial charge in [-0.15, -0.1) is 11.3 Å². The summed E-state index contributed by atoms with van der Waals surface area (Å²) in [6.07, 6.45) is 0.976. The van der Waals surface area contributed by atoms with Crippen LogP contribution in [0, 0.1) is 5.92 Å². The van der Waals surface area contributed by atoms with Gasteiger partial charge in [-0.2, -0.15) is 0 Å². The molecule has 5 heteroatoms. The summed E-state index contributed by atoms with van der Waals surface area (Å²) in [6, 6.07) is 22.0. The predicted octanol–water partition coefficient (Wildman–Crippen LogP) is 3.94. The lowest BCUT2D eigenvalue weighted by Gasteiger charge is -2.41. The fourth-order valence-electron chi connectivity index (χ4n) is 5.38. The van der Waals surface area contributed by atoms with Gasteiger partial charge in [0.25, 0.3) is 0 Å². The average molecular weight is 406 g/mol. The maximum atomic E-state index is 12.1. The van der Waals surface area contributed by atoms with Crippen LogP contribution in [-0.4, -0.2) is 36.0 Å². The van der Waals surface area contributed by atoms with E-state index in [1.54, 1.807) is 6.92 Å². The van der Waals surface area contributed by atoms with Crippen molar-refractivity contribution in [2.45, 2.75) is 31.5 Å². The summed E-state index contributed by atoms with van der Waals surface area (Å²) in [5.74, 6) is 0.435. The zero-order chi connectivity index (χ0) is 19.8. The number of nitrogens with zero attached hydrogens (tertiary/aromatic N) is 1. The molecule has 3 aromatic rings. The molecule has 2 saturated heterocycles. The van der Waals surface area contributed by atoms with E-state index in [9.17, 15) is 4.79 Å². The number of piperidine rings is 1. The lowest BCUT2D eigenvalue weighted by Crippen LogP contribution is -2.60. The highest BCUT2D eigenvalue weighted by molar-refractivity contribution is 7.19. The Morgan fingerprint density at radius 2 is 2.00 bits per heavy atom. The molecule has 0 bridgehead atoms. The second kappa shape index (κ2) is 7.56. The fraction of sp³-hybridized carbons (Fsp3) is 0.375. The maximum Gasteiger partial charge on any atom is 0.217 e. The number of hydrogen-bond donors (Lipinski definition) is 2. The first kappa shape index (κ1) is 18.8. The van der Waals surface area contributed by atoms with E-state index in [0.29, 0.717) is 12.0 Å². The van der Waals surface area contributed by atoms with Gasteiger partial charge in [0.2, 0.25) is 5.91 Å². The van der Waals surface area contributed by atoms with Crippen molar-refractivity contribution < 1.29 is 4.79 Å². The Bertz CT molecular complexity index is 984. The molecule has 2 N–H and O–H groups in total. The summed E-state index contributed by atoms with van der Waals surface area (Å²) in [7, 11) is 0. The molecule has 2 aromatic carbocycles. The molecular formula is C24H27N3OS. The molecule has 5 rings (SSSR count). The molecule has 0 unspecified atom stereocenters. The van der Waals surface area contributed by atoms with Crippen LogP contribution in [0.4, 0.5) is 0 Å². The minimum Gasteiger partial charge on any atom is -0.349 e. The number of fused-ring (bicyclic) bond motifs is 2. The van der Waals surface area contributed by atoms with Crippen molar-refractivity contribution in [1.82, 2.24) is 15.5 Å². The lowest BCUT2D eigenvalue weighted by atomic mass is 9.76. The molecule has 0 saturated carbocycles. The zero-order valence-electron chi connectivity index (χ0n) is 16.7. The number of carbonyl (C=O) groups is 1. The van der Waals surface area contributed by atoms with Gasteiger partial charge >= 0.3 is 0 Å². The first-order chi connectivity index (χ1) is 14.1. The van der Waals surface area contributed by atoms with E-state index in [-0.39, 0.29) is 11.4 Å². The summed E-state index contributed by atoms with van der Waals surface area (Å²) in [4.78, 5) is 16.1. The number of hydrogen-bond acceptors (Lipinski definition) is 4. The second-order valence-corrected chi connectivity index (χ2v) is 9.58. The normalized spacial score (nSPS) is 27.1. The SMILES string of the molecule is CC(=O)N[C@@]12CCNC[C@@H]1[C@@H](c1ccccc1)N(Cc1cc3ccccc3s1)C2. The first-order valence-electron chi connectivity index (χ1n) is 10.4. The molecule has 2 fully saturated rings. The zero-order valence-corrected chi connectivity index (χ0v) is 17.5. The van der Waals surface area contributed by atoms with Crippen LogP contribution >= 0.6 is 11.3 Å². The van der Waals surface area contributed by atoms with Crippen LogP contribution in [0.15, 0.2) is 60.7 Å². The molecule has 0 radical (unpaired) electrons. The van der Waals surface area contributed by atoms with Crippen LogP contribution in [0.1, 0.15) is 29.8 Å². The number of amides is 1. The Morgan fingerprint density at radius 3 is 2.79 bits per heavy atom. The number of carbonyl (C=O) groups excluding carboxylic acids is 1. The summed E-state index contributed by atoms with van der Waals surface area (Å²) in [5, 5.41) is 8.28. The first-order valence-corrected chi connectivity index (χ1v) is 11.2. The van der Waals surface area contributed by atoms with E-state index in [1.165, 1.54) is 20.5 Å². The largest absolute Gasteiger partial charge is 0.349 e. The minimum absolute atomic E-state index is 0.0763. The fourth-order valence-corrected chi connectivity index (χ4v) is 6.47. The summed E-state index contributed by atoms with van der Waals surface area (Å²) < 4.78 is 1.34. The molecule has 3 atom stereocenters. The van der Waals surface area contributed by atoms with Crippen molar-refractivity contribution in [3.05, 3.63) is 71.1 Å². The Hall–Kier alpha value is -2.21. The van der Waals surface area contributed by atoms with Gasteiger partial charge < -0.3 is 10.6 Å². The van der Waals surface area contributed by atoms with Crippen LogP contribution in [-0.2, 0) is 11.3 Å². The Kier molecular flexibility index (Phi) is 4.90. The third-order valence-electron chi connectivity index (χ3n) is 6.48. The van der Waals surface area contributed by atoms with E-state index >= 15 is 0 Å². The Morgan fingerprint density at radius 1 is 1.21 bits per heavy atom. The minimum atomic E-state index is -0.158. The highest BCUT2D eigenvalue weighted by atomic mass is 32.1. The molecule has 2 aliphatic rings. The molecule has 2 aliphatic heterocycles. The summed E-state index contributed by atoms with van der Waals surface area (Å²) in [6.45, 7) is 5.35. The van der Waals surface area contributed by atoms with E-state index in [4.69, 9.17) is 0 Å². The molecule has 0 aliphatic carbocycles. The number of likely N-dealkylation sites (tertiary alicyclic amines) is 1. The average Bonchev–Trinajstić information content (AvgIpc) is 3.26. The van der Waals surface area contributed by atoms with Crippen LogP contribution in [0.25, 0.3) is 10.1 Å². The van der Waals surface area contributed by atoms with Gasteiger partial charge in [-0.05, 0) is 36.0 Å². The van der Waals surface area contributed by atoms with Gasteiger partial charge in [0.1, 0.15) is 0 Å². The van der Waals surface area contributed by atoms with Crippen molar-refractivity contribution in [2.24, 2.45) is 5.92 Å². The highest BCUT2D eigenvalue weighted by Gasteiger charge is 2.54. The smallest absolute Gasteiger partial charge is 0.217 e. The molecule has 150 valence electrons. The molecular weight excluding hydrogens is 378 g/mol. The molecule has 0 spiro atoms. The molecule has 1 amide bonds. The third kappa shape index (κ3) is 3.48. The van der Waals surface area contributed by atoms with Crippen LogP contribution in [0.3, 0.4) is 0 Å². The predicted molar refractivity (Wildman–Crippen MR) is 119 cm³/mol. The van der Waals surface area contributed by atoms with Gasteiger partial charge in [-0.1, -0.05) is 48.5 Å². The standard InChI is InChI=1S/C24H27N3OS/c1-17(28)26-24-11-12-25-14-21(24)23(18-7-3-2-4-8-18)27(16-24)15-20-13-19-9-5-6-10-22(19)29-20/h2-10,13,21,23,25H,11-12,14-16H2,1H3,(H,26,28)/t21-,23-,24-/m1/s1. The van der Waals surface area contributed by atoms with Gasteiger partial charge in [-0.3, -0.25) is 9.69 Å². The lowest BCUT2D eigenvalue weighted by molar-refractivity contribution is -0.121. The molecule has 1 aromatic heterocycles. The number of nitrogens with one attached hydrogen (secondary N) is 2. The number of thiophene rings is 1. The van der Waals surface area contributed by atoms with Crippen molar-refractivity contribution in [2.75, 3.05) is 19.6 Å². The Balaban J connectivity index is 1.53. The van der Waals surface area contributed by atoms with Crippen LogP contribution in [0.2, 0.25) is 0 Å². The molecule has 4 nitrogen and oxygen atoms in total. The molecule has 29 heavy (non-hydrogen) atoms. The molecule has 3 heterocycles. The summed E-state index contributed by atoms with van der Waals surface area (Å²) in [5.41, 5.74) is 1.18. The quantitative estimate of drug-likeness (QED) is 0.691. The summed E-state index contributed by atoms with van der Waals surface area (Å²) >= 11 is 1.88. The van der Waals surface area contributed by atoms with Gasteiger partial charge in [0.05, 0.1) is 5.54 Å². The van der Waals surface area contributed by atoms with Gasteiger partial charge in [0, 0.05) is 48.1 Å². The van der Waals surface area contributed by atoms with Crippen molar-refractivity contribution >= 4 is 27.3 Å². The maximum absolute atomic E-state index is 12.1. The van der Waals surface area contributed by atoms with E-state index in [2.05, 4.69) is 76.2 Å². The Labute approximate surface area is 175 Å². The van der Waals surface area contributed by atoms with Gasteiger partial charge in [0.15, 0.2) is 0 Å². The van der Waals surface area contributed by atoms with Crippen LogP contribution < -0.4 is 10.6 Å². The highest BCUT2D eigenvalue weighted by Crippen LogP contribution is 2.47. The van der Waals surface area contributed by atoms with E-state index in [1.807, 2.05) is 11.3 Å². The second-order valence-electron chi connectivity index (χ2n) is 8.41. The van der Waals surface area contributed by atoms with E-state index < -0.39 is 0 Å². The third-order valence-corrected chi connectivity index (χ3v) is 7.58. The van der Waals surface area contributed by atoms with Crippen molar-refractivity contribution in [3.8, 4) is 0 Å².